The Morgan fingerprint density at radius 1 is 1.17 bits per heavy atom. The molecule has 0 saturated carbocycles. The maximum atomic E-state index is 12.5. The summed E-state index contributed by atoms with van der Waals surface area (Å²) in [5.41, 5.74) is 1.85. The van der Waals surface area contributed by atoms with Gasteiger partial charge >= 0.3 is 0 Å². The highest BCUT2D eigenvalue weighted by molar-refractivity contribution is 6.03. The first-order valence-corrected chi connectivity index (χ1v) is 8.22. The highest BCUT2D eigenvalue weighted by atomic mass is 16.5. The average molecular weight is 326 g/mol. The van der Waals surface area contributed by atoms with E-state index in [1.54, 1.807) is 19.2 Å². The van der Waals surface area contributed by atoms with Crippen molar-refractivity contribution in [3.63, 3.8) is 0 Å². The lowest BCUT2D eigenvalue weighted by Gasteiger charge is -2.27. The van der Waals surface area contributed by atoms with Gasteiger partial charge in [0.05, 0.1) is 7.11 Å². The molecule has 2 heterocycles. The molecule has 0 unspecified atom stereocenters. The van der Waals surface area contributed by atoms with Crippen LogP contribution in [0.5, 0.6) is 5.75 Å². The minimum absolute atomic E-state index is 0.244. The number of piperidine rings is 1. The number of methoxy groups -OCH3 is 1. The van der Waals surface area contributed by atoms with E-state index in [9.17, 15) is 4.79 Å². The summed E-state index contributed by atoms with van der Waals surface area (Å²) in [7, 11) is 1.60. The van der Waals surface area contributed by atoms with E-state index in [4.69, 9.17) is 4.74 Å². The van der Waals surface area contributed by atoms with Gasteiger partial charge in [0.2, 0.25) is 5.95 Å². The van der Waals surface area contributed by atoms with Crippen molar-refractivity contribution < 1.29 is 9.53 Å². The third kappa shape index (κ3) is 3.82. The molecule has 1 saturated heterocycles. The molecular weight excluding hydrogens is 304 g/mol. The largest absolute Gasteiger partial charge is 0.497 e. The number of carbonyl (C=O) groups excluding carboxylic acids is 1. The molecule has 0 atom stereocenters. The standard InChI is InChI=1S/C18H22N4O2/c1-13-11-16(21-18(19-13)22-9-4-3-5-10-22)17(23)20-14-7-6-8-15(12-14)24-2/h6-8,11-12H,3-5,9-10H2,1-2H3,(H,20,23). The maximum Gasteiger partial charge on any atom is 0.274 e. The van der Waals surface area contributed by atoms with Crippen molar-refractivity contribution in [3.8, 4) is 5.75 Å². The summed E-state index contributed by atoms with van der Waals surface area (Å²) in [4.78, 5) is 23.6. The molecule has 1 aliphatic heterocycles. The maximum absolute atomic E-state index is 12.5. The summed E-state index contributed by atoms with van der Waals surface area (Å²) in [5, 5.41) is 2.86. The van der Waals surface area contributed by atoms with Gasteiger partial charge in [0.15, 0.2) is 0 Å². The fourth-order valence-electron chi connectivity index (χ4n) is 2.80. The fraction of sp³-hybridized carbons (Fsp3) is 0.389. The van der Waals surface area contributed by atoms with Crippen LogP contribution < -0.4 is 15.0 Å². The molecule has 3 rings (SSSR count). The van der Waals surface area contributed by atoms with Crippen molar-refractivity contribution >= 4 is 17.5 Å². The molecule has 0 radical (unpaired) electrons. The van der Waals surface area contributed by atoms with Gasteiger partial charge in [0.25, 0.3) is 5.91 Å². The van der Waals surface area contributed by atoms with Crippen LogP contribution in [0, 0.1) is 6.92 Å². The highest BCUT2D eigenvalue weighted by Crippen LogP contribution is 2.19. The zero-order chi connectivity index (χ0) is 16.9. The molecular formula is C18H22N4O2. The van der Waals surface area contributed by atoms with Crippen LogP contribution in [-0.4, -0.2) is 36.1 Å². The number of amides is 1. The first kappa shape index (κ1) is 16.2. The van der Waals surface area contributed by atoms with Crippen LogP contribution >= 0.6 is 0 Å². The summed E-state index contributed by atoms with van der Waals surface area (Å²) < 4.78 is 5.18. The third-order valence-electron chi connectivity index (χ3n) is 4.04. The Kier molecular flexibility index (Phi) is 4.93. The zero-order valence-corrected chi connectivity index (χ0v) is 14.1. The number of ether oxygens (including phenoxy) is 1. The van der Waals surface area contributed by atoms with Crippen molar-refractivity contribution in [2.45, 2.75) is 26.2 Å². The van der Waals surface area contributed by atoms with E-state index in [0.717, 1.165) is 31.6 Å². The minimum atomic E-state index is -0.244. The Morgan fingerprint density at radius 3 is 2.71 bits per heavy atom. The van der Waals surface area contributed by atoms with Gasteiger partial charge in [0.1, 0.15) is 11.4 Å². The van der Waals surface area contributed by atoms with Crippen LogP contribution in [0.25, 0.3) is 0 Å². The molecule has 24 heavy (non-hydrogen) atoms. The smallest absolute Gasteiger partial charge is 0.274 e. The molecule has 0 spiro atoms. The first-order chi connectivity index (χ1) is 11.7. The number of aromatic nitrogens is 2. The van der Waals surface area contributed by atoms with Crippen LogP contribution in [0.2, 0.25) is 0 Å². The lowest BCUT2D eigenvalue weighted by Crippen LogP contribution is -2.31. The number of aryl methyl sites for hydroxylation is 1. The highest BCUT2D eigenvalue weighted by Gasteiger charge is 2.17. The molecule has 1 fully saturated rings. The van der Waals surface area contributed by atoms with E-state index < -0.39 is 0 Å². The number of benzene rings is 1. The molecule has 0 aliphatic carbocycles. The number of nitrogens with zero attached hydrogens (tertiary/aromatic N) is 3. The Balaban J connectivity index is 1.79. The Labute approximate surface area is 141 Å². The number of anilines is 2. The Hall–Kier alpha value is -2.63. The predicted octanol–water partition coefficient (Wildman–Crippen LogP) is 3.04. The summed E-state index contributed by atoms with van der Waals surface area (Å²) in [6, 6.07) is 8.97. The topological polar surface area (TPSA) is 67.3 Å². The molecule has 2 aromatic rings. The summed E-state index contributed by atoms with van der Waals surface area (Å²) in [5.74, 6) is 1.10. The zero-order valence-electron chi connectivity index (χ0n) is 14.1. The SMILES string of the molecule is COc1cccc(NC(=O)c2cc(C)nc(N3CCCCC3)n2)c1. The second kappa shape index (κ2) is 7.29. The molecule has 126 valence electrons. The van der Waals surface area contributed by atoms with Crippen LogP contribution in [-0.2, 0) is 0 Å². The van der Waals surface area contributed by atoms with Gasteiger partial charge in [-0.05, 0) is 44.4 Å². The molecule has 6 nitrogen and oxygen atoms in total. The monoisotopic (exact) mass is 326 g/mol. The van der Waals surface area contributed by atoms with E-state index in [1.807, 2.05) is 25.1 Å². The minimum Gasteiger partial charge on any atom is -0.497 e. The third-order valence-corrected chi connectivity index (χ3v) is 4.04. The van der Waals surface area contributed by atoms with Gasteiger partial charge in [-0.2, -0.15) is 0 Å². The van der Waals surface area contributed by atoms with Crippen molar-refractivity contribution in [3.05, 3.63) is 41.7 Å². The lowest BCUT2D eigenvalue weighted by molar-refractivity contribution is 0.102. The normalized spacial score (nSPS) is 14.3. The molecule has 1 aromatic heterocycles. The van der Waals surface area contributed by atoms with Crippen LogP contribution in [0.1, 0.15) is 35.4 Å². The summed E-state index contributed by atoms with van der Waals surface area (Å²) in [6.45, 7) is 3.78. The van der Waals surface area contributed by atoms with Crippen LogP contribution in [0.3, 0.4) is 0 Å². The van der Waals surface area contributed by atoms with Gasteiger partial charge in [-0.25, -0.2) is 9.97 Å². The number of hydrogen-bond donors (Lipinski definition) is 1. The summed E-state index contributed by atoms with van der Waals surface area (Å²) >= 11 is 0. The van der Waals surface area contributed by atoms with E-state index >= 15 is 0 Å². The van der Waals surface area contributed by atoms with E-state index in [1.165, 1.54) is 6.42 Å². The number of rotatable bonds is 4. The molecule has 1 aliphatic rings. The first-order valence-electron chi connectivity index (χ1n) is 8.22. The van der Waals surface area contributed by atoms with Crippen LogP contribution in [0.4, 0.5) is 11.6 Å². The predicted molar refractivity (Wildman–Crippen MR) is 93.8 cm³/mol. The fourth-order valence-corrected chi connectivity index (χ4v) is 2.80. The molecule has 1 aromatic carbocycles. The molecule has 1 N–H and O–H groups in total. The van der Waals surface area contributed by atoms with Crippen LogP contribution in [0.15, 0.2) is 30.3 Å². The molecule has 6 heteroatoms. The van der Waals surface area contributed by atoms with E-state index in [-0.39, 0.29) is 5.91 Å². The van der Waals surface area contributed by atoms with Crippen molar-refractivity contribution in [2.75, 3.05) is 30.4 Å². The van der Waals surface area contributed by atoms with Gasteiger partial charge in [-0.15, -0.1) is 0 Å². The van der Waals surface area contributed by atoms with Gasteiger partial charge in [-0.1, -0.05) is 6.07 Å². The average Bonchev–Trinajstić information content (AvgIpc) is 2.62. The van der Waals surface area contributed by atoms with Crippen molar-refractivity contribution in [2.24, 2.45) is 0 Å². The lowest BCUT2D eigenvalue weighted by atomic mass is 10.1. The van der Waals surface area contributed by atoms with Gasteiger partial charge in [0, 0.05) is 30.5 Å². The van der Waals surface area contributed by atoms with Gasteiger partial charge < -0.3 is 15.0 Å². The second-order valence-electron chi connectivity index (χ2n) is 5.93. The summed E-state index contributed by atoms with van der Waals surface area (Å²) in [6.07, 6.45) is 3.52. The van der Waals surface area contributed by atoms with Gasteiger partial charge in [-0.3, -0.25) is 4.79 Å². The quantitative estimate of drug-likeness (QED) is 0.935. The molecule has 0 bridgehead atoms. The second-order valence-corrected chi connectivity index (χ2v) is 5.93. The van der Waals surface area contributed by atoms with Crippen molar-refractivity contribution in [1.82, 2.24) is 9.97 Å². The van der Waals surface area contributed by atoms with E-state index in [0.29, 0.717) is 23.1 Å². The Morgan fingerprint density at radius 2 is 1.96 bits per heavy atom. The number of hydrogen-bond acceptors (Lipinski definition) is 5. The molecule has 1 amide bonds. The number of nitrogens with one attached hydrogen (secondary N) is 1. The Bertz CT molecular complexity index is 727. The number of carbonyl (C=O) groups is 1. The van der Waals surface area contributed by atoms with E-state index in [2.05, 4.69) is 20.2 Å². The van der Waals surface area contributed by atoms with Crippen molar-refractivity contribution in [1.29, 1.82) is 0 Å².